The molecule has 4 heteroatoms. The molecule has 0 saturated carbocycles. The summed E-state index contributed by atoms with van der Waals surface area (Å²) in [6, 6.07) is 9.93. The van der Waals surface area contributed by atoms with Gasteiger partial charge in [-0.15, -0.1) is 0 Å². The molecule has 17 heavy (non-hydrogen) atoms. The number of hydrogen-bond donors (Lipinski definition) is 0. The Labute approximate surface area is 99.3 Å². The maximum Gasteiger partial charge on any atom is 0.162 e. The van der Waals surface area contributed by atoms with Crippen molar-refractivity contribution in [3.63, 3.8) is 0 Å². The zero-order valence-corrected chi connectivity index (χ0v) is 9.68. The Morgan fingerprint density at radius 3 is 2.82 bits per heavy atom. The molecule has 0 fully saturated rings. The number of aromatic nitrogens is 3. The predicted octanol–water partition coefficient (Wildman–Crippen LogP) is 2.84. The van der Waals surface area contributed by atoms with Crippen LogP contribution in [0.15, 0.2) is 30.3 Å². The highest BCUT2D eigenvalue weighted by atomic mass is 19.1. The fourth-order valence-electron chi connectivity index (χ4n) is 2.33. The van der Waals surface area contributed by atoms with E-state index in [-0.39, 0.29) is 6.04 Å². The lowest BCUT2D eigenvalue weighted by Crippen LogP contribution is -2.07. The second-order valence-electron chi connectivity index (χ2n) is 4.31. The van der Waals surface area contributed by atoms with E-state index in [0.29, 0.717) is 12.2 Å². The molecule has 3 rings (SSSR count). The summed E-state index contributed by atoms with van der Waals surface area (Å²) in [4.78, 5) is 4.24. The number of nitrogens with zero attached hydrogens (tertiary/aromatic N) is 3. The van der Waals surface area contributed by atoms with E-state index in [1.807, 2.05) is 37.3 Å². The fourth-order valence-corrected chi connectivity index (χ4v) is 2.33. The van der Waals surface area contributed by atoms with E-state index in [2.05, 4.69) is 10.1 Å². The van der Waals surface area contributed by atoms with Crippen LogP contribution in [-0.4, -0.2) is 14.8 Å². The number of hydrogen-bond acceptors (Lipinski definition) is 2. The van der Waals surface area contributed by atoms with Crippen LogP contribution in [0.5, 0.6) is 0 Å². The Morgan fingerprint density at radius 1 is 1.35 bits per heavy atom. The van der Waals surface area contributed by atoms with E-state index in [1.54, 1.807) is 4.68 Å². The number of alkyl halides is 1. The smallest absolute Gasteiger partial charge is 0.162 e. The van der Waals surface area contributed by atoms with Crippen molar-refractivity contribution in [3.05, 3.63) is 47.5 Å². The topological polar surface area (TPSA) is 30.7 Å². The second-order valence-corrected chi connectivity index (χ2v) is 4.31. The van der Waals surface area contributed by atoms with Crippen LogP contribution in [0.2, 0.25) is 0 Å². The van der Waals surface area contributed by atoms with Crippen molar-refractivity contribution >= 4 is 0 Å². The lowest BCUT2D eigenvalue weighted by atomic mass is 10.0. The number of benzene rings is 1. The van der Waals surface area contributed by atoms with Crippen LogP contribution in [-0.2, 0) is 6.42 Å². The van der Waals surface area contributed by atoms with Crippen molar-refractivity contribution < 1.29 is 4.39 Å². The standard InChI is InChI=1S/C13H14FN3/c1-2-12-15-13-10(14)8-11(17(13)16-12)9-6-4-3-5-7-9/h3-7,10-11H,2,8H2,1H3. The molecule has 0 bridgehead atoms. The summed E-state index contributed by atoms with van der Waals surface area (Å²) in [7, 11) is 0. The minimum atomic E-state index is -0.993. The molecule has 2 aromatic rings. The zero-order valence-electron chi connectivity index (χ0n) is 9.68. The minimum absolute atomic E-state index is 0.00556. The third-order valence-corrected chi connectivity index (χ3v) is 3.21. The van der Waals surface area contributed by atoms with Crippen molar-refractivity contribution in [1.82, 2.24) is 14.8 Å². The molecule has 2 atom stereocenters. The molecule has 0 aliphatic carbocycles. The van der Waals surface area contributed by atoms with Gasteiger partial charge in [0.15, 0.2) is 17.8 Å². The lowest BCUT2D eigenvalue weighted by Gasteiger charge is -2.11. The SMILES string of the molecule is CCc1nc2n(n1)C(c1ccccc1)CC2F. The van der Waals surface area contributed by atoms with Gasteiger partial charge in [-0.25, -0.2) is 14.1 Å². The molecule has 3 nitrogen and oxygen atoms in total. The Bertz CT molecular complexity index is 521. The van der Waals surface area contributed by atoms with Gasteiger partial charge in [0, 0.05) is 12.8 Å². The number of fused-ring (bicyclic) bond motifs is 1. The van der Waals surface area contributed by atoms with Crippen molar-refractivity contribution in [1.29, 1.82) is 0 Å². The van der Waals surface area contributed by atoms with E-state index >= 15 is 0 Å². The van der Waals surface area contributed by atoms with Gasteiger partial charge < -0.3 is 0 Å². The highest BCUT2D eigenvalue weighted by molar-refractivity contribution is 5.23. The molecule has 1 aromatic carbocycles. The second kappa shape index (κ2) is 3.95. The predicted molar refractivity (Wildman–Crippen MR) is 62.4 cm³/mol. The van der Waals surface area contributed by atoms with E-state index in [9.17, 15) is 4.39 Å². The molecule has 0 N–H and O–H groups in total. The minimum Gasteiger partial charge on any atom is -0.239 e. The van der Waals surface area contributed by atoms with Crippen LogP contribution in [0.1, 0.15) is 42.8 Å². The van der Waals surface area contributed by atoms with Gasteiger partial charge in [0.1, 0.15) is 0 Å². The quantitative estimate of drug-likeness (QED) is 0.795. The van der Waals surface area contributed by atoms with Crippen molar-refractivity contribution in [2.45, 2.75) is 32.0 Å². The van der Waals surface area contributed by atoms with Crippen LogP contribution < -0.4 is 0 Å². The van der Waals surface area contributed by atoms with Crippen LogP contribution >= 0.6 is 0 Å². The first kappa shape index (κ1) is 10.4. The summed E-state index contributed by atoms with van der Waals surface area (Å²) >= 11 is 0. The zero-order chi connectivity index (χ0) is 11.8. The Hall–Kier alpha value is -1.71. The first-order valence-electron chi connectivity index (χ1n) is 5.94. The molecule has 1 aromatic heterocycles. The number of rotatable bonds is 2. The van der Waals surface area contributed by atoms with Gasteiger partial charge in [0.2, 0.25) is 0 Å². The Morgan fingerprint density at radius 2 is 2.12 bits per heavy atom. The molecule has 0 spiro atoms. The third kappa shape index (κ3) is 1.64. The van der Waals surface area contributed by atoms with Crippen molar-refractivity contribution in [2.75, 3.05) is 0 Å². The molecule has 88 valence electrons. The van der Waals surface area contributed by atoms with Crippen molar-refractivity contribution in [3.8, 4) is 0 Å². The maximum absolute atomic E-state index is 13.9. The van der Waals surface area contributed by atoms with Gasteiger partial charge in [-0.1, -0.05) is 37.3 Å². The van der Waals surface area contributed by atoms with Gasteiger partial charge >= 0.3 is 0 Å². The molecular weight excluding hydrogens is 217 g/mol. The monoisotopic (exact) mass is 231 g/mol. The van der Waals surface area contributed by atoms with Crippen LogP contribution in [0.25, 0.3) is 0 Å². The number of halogens is 1. The molecule has 2 heterocycles. The molecule has 1 aliphatic rings. The summed E-state index contributed by atoms with van der Waals surface area (Å²) in [6.45, 7) is 1.98. The largest absolute Gasteiger partial charge is 0.239 e. The highest BCUT2D eigenvalue weighted by Crippen LogP contribution is 2.39. The summed E-state index contributed by atoms with van der Waals surface area (Å²) in [6.07, 6.45) is 0.199. The number of aryl methyl sites for hydroxylation is 1. The first-order valence-corrected chi connectivity index (χ1v) is 5.94. The van der Waals surface area contributed by atoms with Crippen molar-refractivity contribution in [2.24, 2.45) is 0 Å². The average molecular weight is 231 g/mol. The maximum atomic E-state index is 13.9. The molecule has 1 aliphatic heterocycles. The fraction of sp³-hybridized carbons (Fsp3) is 0.385. The summed E-state index contributed by atoms with van der Waals surface area (Å²) in [5, 5.41) is 4.38. The van der Waals surface area contributed by atoms with E-state index < -0.39 is 6.17 Å². The van der Waals surface area contributed by atoms with Gasteiger partial charge in [0.05, 0.1) is 6.04 Å². The van der Waals surface area contributed by atoms with E-state index in [1.165, 1.54) is 0 Å². The molecular formula is C13H14FN3. The normalized spacial score (nSPS) is 22.7. The van der Waals surface area contributed by atoms with E-state index in [4.69, 9.17) is 0 Å². The van der Waals surface area contributed by atoms with Gasteiger partial charge in [-0.05, 0) is 5.56 Å². The summed E-state index contributed by atoms with van der Waals surface area (Å²) < 4.78 is 15.6. The van der Waals surface area contributed by atoms with Crippen LogP contribution in [0.4, 0.5) is 4.39 Å². The Kier molecular flexibility index (Phi) is 2.42. The summed E-state index contributed by atoms with van der Waals surface area (Å²) in [5.74, 6) is 1.21. The lowest BCUT2D eigenvalue weighted by molar-refractivity contribution is 0.328. The van der Waals surface area contributed by atoms with Gasteiger partial charge in [-0.2, -0.15) is 5.10 Å². The summed E-state index contributed by atoms with van der Waals surface area (Å²) in [5.41, 5.74) is 1.10. The average Bonchev–Trinajstić information content (AvgIpc) is 2.91. The molecule has 0 amide bonds. The van der Waals surface area contributed by atoms with Gasteiger partial charge in [-0.3, -0.25) is 0 Å². The molecule has 0 saturated heterocycles. The van der Waals surface area contributed by atoms with Crippen LogP contribution in [0.3, 0.4) is 0 Å². The highest BCUT2D eigenvalue weighted by Gasteiger charge is 2.34. The van der Waals surface area contributed by atoms with Gasteiger partial charge in [0.25, 0.3) is 0 Å². The molecule has 2 unspecified atom stereocenters. The van der Waals surface area contributed by atoms with Crippen LogP contribution in [0, 0.1) is 0 Å². The van der Waals surface area contributed by atoms with E-state index in [0.717, 1.165) is 17.8 Å². The molecule has 0 radical (unpaired) electrons. The third-order valence-electron chi connectivity index (χ3n) is 3.21. The first-order chi connectivity index (χ1) is 8.29. The Balaban J connectivity index is 2.03.